The Balaban J connectivity index is 4.23. The lowest BCUT2D eigenvalue weighted by molar-refractivity contribution is -0.870. The third-order valence-corrected chi connectivity index (χ3v) is 14.4. The predicted octanol–water partition coefficient (Wildman–Crippen LogP) is 18.5. The van der Waals surface area contributed by atoms with Gasteiger partial charge in [-0.3, -0.25) is 13.8 Å². The number of carbonyl (C=O) groups excluding carboxylic acids is 1. The van der Waals surface area contributed by atoms with Crippen molar-refractivity contribution in [3.8, 4) is 0 Å². The zero-order chi connectivity index (χ0) is 52.0. The van der Waals surface area contributed by atoms with E-state index in [1.54, 1.807) is 6.08 Å². The van der Waals surface area contributed by atoms with Gasteiger partial charge < -0.3 is 19.8 Å². The molecule has 0 aliphatic rings. The maximum absolute atomic E-state index is 13.0. The van der Waals surface area contributed by atoms with E-state index in [0.29, 0.717) is 17.4 Å². The Morgan fingerprint density at radius 2 is 0.817 bits per heavy atom. The molecule has 0 aliphatic carbocycles. The summed E-state index contributed by atoms with van der Waals surface area (Å²) in [5, 5.41) is 13.9. The Labute approximate surface area is 441 Å². The molecule has 0 fully saturated rings. The van der Waals surface area contributed by atoms with Crippen LogP contribution in [0, 0.1) is 0 Å². The SMILES string of the molecule is CCCCC/C=C\C/C=C\CCCCCCCCCCCC(=O)NC(COP(=O)(O)OCC[N+](C)(C)C)C(O)/C=C/CC/C=C/CC/C=C/CCCCCCCCCCCCCCCCCCCCCC. The summed E-state index contributed by atoms with van der Waals surface area (Å²) in [5.41, 5.74) is 0. The predicted molar refractivity (Wildman–Crippen MR) is 309 cm³/mol. The molecule has 1 amide bonds. The number of allylic oxidation sites excluding steroid dienone is 9. The molecule has 0 aromatic carbocycles. The monoisotopic (exact) mass is 1020 g/mol. The molecule has 71 heavy (non-hydrogen) atoms. The highest BCUT2D eigenvalue weighted by Gasteiger charge is 2.27. The summed E-state index contributed by atoms with van der Waals surface area (Å²) in [6.07, 6.45) is 72.0. The number of carbonyl (C=O) groups is 1. The number of phosphoric ester groups is 1. The molecule has 9 heteroatoms. The van der Waals surface area contributed by atoms with Gasteiger partial charge in [0.05, 0.1) is 39.9 Å². The fraction of sp³-hybridized carbons (Fsp3) is 0.823. The summed E-state index contributed by atoms with van der Waals surface area (Å²) < 4.78 is 23.7. The number of quaternary nitrogens is 1. The summed E-state index contributed by atoms with van der Waals surface area (Å²) >= 11 is 0. The lowest BCUT2D eigenvalue weighted by Gasteiger charge is -2.25. The fourth-order valence-electron chi connectivity index (χ4n) is 8.69. The first kappa shape index (κ1) is 69.2. The molecule has 0 saturated heterocycles. The van der Waals surface area contributed by atoms with Crippen molar-refractivity contribution in [1.82, 2.24) is 5.32 Å². The molecular weight excluding hydrogens is 900 g/mol. The number of nitrogens with one attached hydrogen (secondary N) is 1. The number of likely N-dealkylation sites (N-methyl/N-ethyl adjacent to an activating group) is 1. The molecule has 3 unspecified atom stereocenters. The second-order valence-electron chi connectivity index (χ2n) is 21.7. The summed E-state index contributed by atoms with van der Waals surface area (Å²) in [6.45, 7) is 4.78. The molecular formula is C62H118N2O6P+. The van der Waals surface area contributed by atoms with E-state index in [0.717, 1.165) is 51.4 Å². The molecule has 0 aromatic heterocycles. The Bertz CT molecular complexity index is 1340. The number of rotatable bonds is 55. The standard InChI is InChI=1S/C62H117N2O6P/c1-6-8-10-12-14-16-18-20-22-24-26-27-28-29-30-31-32-33-34-35-36-38-39-41-43-45-47-49-51-53-55-61(65)60(59-70-71(67,68)69-58-57-64(3,4)5)63-62(66)56-54-52-50-48-46-44-42-40-37-25-23-21-19-17-15-13-11-9-7-2/h15,17,21,23,38-39,45,47,53,55,60-61,65H,6-14,16,18-20,22,24-37,40-44,46,48-52,54,56-59H2,1-5H3,(H-,63,66,67,68)/p+1/b17-15-,23-21-,39-38+,47-45+,55-53+. The van der Waals surface area contributed by atoms with Crippen molar-refractivity contribution >= 4 is 13.7 Å². The fourth-order valence-corrected chi connectivity index (χ4v) is 9.43. The largest absolute Gasteiger partial charge is 0.472 e. The number of aliphatic hydroxyl groups is 1. The lowest BCUT2D eigenvalue weighted by atomic mass is 10.0. The second-order valence-corrected chi connectivity index (χ2v) is 23.2. The highest BCUT2D eigenvalue weighted by atomic mass is 31.2. The zero-order valence-corrected chi connectivity index (χ0v) is 48.4. The van der Waals surface area contributed by atoms with Crippen molar-refractivity contribution in [2.45, 2.75) is 289 Å². The van der Waals surface area contributed by atoms with Crippen LogP contribution in [-0.4, -0.2) is 73.4 Å². The first-order chi connectivity index (χ1) is 34.5. The quantitative estimate of drug-likeness (QED) is 0.0243. The number of hydrogen-bond donors (Lipinski definition) is 3. The van der Waals surface area contributed by atoms with Gasteiger partial charge in [0.25, 0.3) is 0 Å². The summed E-state index contributed by atoms with van der Waals surface area (Å²) in [4.78, 5) is 23.3. The van der Waals surface area contributed by atoms with Gasteiger partial charge in [-0.05, 0) is 77.0 Å². The Morgan fingerprint density at radius 1 is 0.479 bits per heavy atom. The van der Waals surface area contributed by atoms with Crippen LogP contribution in [0.5, 0.6) is 0 Å². The van der Waals surface area contributed by atoms with Crippen molar-refractivity contribution in [2.24, 2.45) is 0 Å². The third kappa shape index (κ3) is 55.8. The number of unbranched alkanes of at least 4 members (excludes halogenated alkanes) is 34. The van der Waals surface area contributed by atoms with E-state index in [-0.39, 0.29) is 19.1 Å². The van der Waals surface area contributed by atoms with Gasteiger partial charge in [0.2, 0.25) is 5.91 Å². The molecule has 0 radical (unpaired) electrons. The minimum Gasteiger partial charge on any atom is -0.387 e. The molecule has 0 bridgehead atoms. The van der Waals surface area contributed by atoms with E-state index in [4.69, 9.17) is 9.05 Å². The van der Waals surface area contributed by atoms with Crippen LogP contribution in [-0.2, 0) is 18.4 Å². The molecule has 0 rings (SSSR count). The van der Waals surface area contributed by atoms with Gasteiger partial charge >= 0.3 is 7.82 Å². The highest BCUT2D eigenvalue weighted by Crippen LogP contribution is 2.43. The summed E-state index contributed by atoms with van der Waals surface area (Å²) in [5.74, 6) is -0.195. The molecule has 0 saturated carbocycles. The van der Waals surface area contributed by atoms with Gasteiger partial charge in [-0.1, -0.05) is 254 Å². The number of hydrogen-bond acceptors (Lipinski definition) is 5. The molecule has 3 atom stereocenters. The normalized spacial score (nSPS) is 14.3. The molecule has 0 heterocycles. The number of aliphatic hydroxyl groups excluding tert-OH is 1. The minimum absolute atomic E-state index is 0.0510. The first-order valence-electron chi connectivity index (χ1n) is 30.2. The van der Waals surface area contributed by atoms with Crippen LogP contribution in [0.25, 0.3) is 0 Å². The molecule has 0 aromatic rings. The van der Waals surface area contributed by atoms with Crippen molar-refractivity contribution in [2.75, 3.05) is 40.9 Å². The molecule has 0 aliphatic heterocycles. The van der Waals surface area contributed by atoms with Crippen LogP contribution >= 0.6 is 7.82 Å². The summed E-state index contributed by atoms with van der Waals surface area (Å²) in [7, 11) is 1.54. The van der Waals surface area contributed by atoms with Gasteiger partial charge in [0.1, 0.15) is 13.2 Å². The van der Waals surface area contributed by atoms with Gasteiger partial charge in [0, 0.05) is 6.42 Å². The average Bonchev–Trinajstić information content (AvgIpc) is 3.33. The van der Waals surface area contributed by atoms with Crippen LogP contribution in [0.4, 0.5) is 0 Å². The minimum atomic E-state index is -4.36. The number of amides is 1. The van der Waals surface area contributed by atoms with Crippen molar-refractivity contribution in [3.05, 3.63) is 60.8 Å². The second kappa shape index (κ2) is 53.0. The van der Waals surface area contributed by atoms with Crippen LogP contribution in [0.3, 0.4) is 0 Å². The molecule has 416 valence electrons. The maximum atomic E-state index is 13.0. The lowest BCUT2D eigenvalue weighted by Crippen LogP contribution is -2.45. The van der Waals surface area contributed by atoms with Gasteiger partial charge in [-0.2, -0.15) is 0 Å². The molecule has 8 nitrogen and oxygen atoms in total. The van der Waals surface area contributed by atoms with E-state index < -0.39 is 20.0 Å². The van der Waals surface area contributed by atoms with Crippen LogP contribution in [0.15, 0.2) is 60.8 Å². The van der Waals surface area contributed by atoms with Crippen molar-refractivity contribution in [3.63, 3.8) is 0 Å². The van der Waals surface area contributed by atoms with Crippen molar-refractivity contribution < 1.29 is 32.9 Å². The Hall–Kier alpha value is -1.80. The van der Waals surface area contributed by atoms with Crippen LogP contribution < -0.4 is 5.32 Å². The topological polar surface area (TPSA) is 105 Å². The van der Waals surface area contributed by atoms with E-state index >= 15 is 0 Å². The first-order valence-corrected chi connectivity index (χ1v) is 31.7. The van der Waals surface area contributed by atoms with E-state index in [2.05, 4.69) is 67.8 Å². The van der Waals surface area contributed by atoms with Gasteiger partial charge in [0.15, 0.2) is 0 Å². The number of nitrogens with zero attached hydrogens (tertiary/aromatic N) is 1. The van der Waals surface area contributed by atoms with Crippen LogP contribution in [0.2, 0.25) is 0 Å². The Kier molecular flexibility index (Phi) is 51.7. The maximum Gasteiger partial charge on any atom is 0.472 e. The van der Waals surface area contributed by atoms with E-state index in [1.807, 2.05) is 27.2 Å². The molecule has 3 N–H and O–H groups in total. The highest BCUT2D eigenvalue weighted by molar-refractivity contribution is 7.47. The Morgan fingerprint density at radius 3 is 1.24 bits per heavy atom. The number of phosphoric acid groups is 1. The zero-order valence-electron chi connectivity index (χ0n) is 47.5. The molecule has 0 spiro atoms. The third-order valence-electron chi connectivity index (χ3n) is 13.4. The average molecular weight is 1020 g/mol. The van der Waals surface area contributed by atoms with E-state index in [1.165, 1.54) is 205 Å². The smallest absolute Gasteiger partial charge is 0.387 e. The van der Waals surface area contributed by atoms with E-state index in [9.17, 15) is 19.4 Å². The summed E-state index contributed by atoms with van der Waals surface area (Å²) in [6, 6.07) is -0.875. The van der Waals surface area contributed by atoms with Crippen molar-refractivity contribution in [1.29, 1.82) is 0 Å². The van der Waals surface area contributed by atoms with Gasteiger partial charge in [-0.25, -0.2) is 4.57 Å². The van der Waals surface area contributed by atoms with Crippen LogP contribution in [0.1, 0.15) is 277 Å². The van der Waals surface area contributed by atoms with Gasteiger partial charge in [-0.15, -0.1) is 0 Å².